The van der Waals surface area contributed by atoms with E-state index < -0.39 is 0 Å². The topological polar surface area (TPSA) is 21.3 Å². The Morgan fingerprint density at radius 2 is 2.50 bits per heavy atom. The average molecular weight is 237 g/mol. The smallest absolute Gasteiger partial charge is 0.0876 e. The van der Waals surface area contributed by atoms with Crippen LogP contribution < -0.4 is 5.32 Å². The molecule has 0 fully saturated rings. The highest BCUT2D eigenvalue weighted by Crippen LogP contribution is 2.20. The molecule has 2 nitrogen and oxygen atoms in total. The summed E-state index contributed by atoms with van der Waals surface area (Å²) in [6.45, 7) is 4.04. The first-order valence-corrected chi connectivity index (χ1v) is 6.84. The molecule has 88 valence electrons. The van der Waals surface area contributed by atoms with Crippen LogP contribution in [-0.4, -0.2) is 19.2 Å². The second-order valence-electron chi connectivity index (χ2n) is 4.06. The van der Waals surface area contributed by atoms with Crippen molar-refractivity contribution in [3.63, 3.8) is 0 Å². The van der Waals surface area contributed by atoms with E-state index in [4.69, 9.17) is 4.74 Å². The first-order chi connectivity index (χ1) is 7.90. The van der Waals surface area contributed by atoms with Gasteiger partial charge in [-0.2, -0.15) is 0 Å². The molecule has 0 aliphatic carbocycles. The van der Waals surface area contributed by atoms with Crippen LogP contribution in [0, 0.1) is 0 Å². The van der Waals surface area contributed by atoms with Crippen molar-refractivity contribution in [3.8, 4) is 0 Å². The number of ether oxygens (including phenoxy) is 1. The molecule has 0 radical (unpaired) electrons. The molecule has 3 heteroatoms. The van der Waals surface area contributed by atoms with E-state index in [-0.39, 0.29) is 0 Å². The molecular formula is C13H19NOS. The third-order valence-corrected chi connectivity index (χ3v) is 3.74. The number of likely N-dealkylation sites (N-methyl/N-ethyl adjacent to an activating group) is 1. The van der Waals surface area contributed by atoms with Gasteiger partial charge in [-0.25, -0.2) is 0 Å². The molecular weight excluding hydrogens is 218 g/mol. The Labute approximate surface area is 101 Å². The standard InChI is InChI=1S/C13H19NOS/c1-2-14-13(9-12-6-4-8-16-12)11-5-3-7-15-10-11/h4,6,8,10,13-14H,2-3,5,7,9H2,1H3. The number of hydrogen-bond acceptors (Lipinski definition) is 3. The highest BCUT2D eigenvalue weighted by molar-refractivity contribution is 7.09. The van der Waals surface area contributed by atoms with Crippen molar-refractivity contribution in [2.45, 2.75) is 32.2 Å². The molecule has 0 saturated carbocycles. The van der Waals surface area contributed by atoms with Crippen LogP contribution in [0.25, 0.3) is 0 Å². The van der Waals surface area contributed by atoms with Crippen molar-refractivity contribution in [2.24, 2.45) is 0 Å². The van der Waals surface area contributed by atoms with E-state index in [1.807, 2.05) is 17.6 Å². The van der Waals surface area contributed by atoms with Crippen LogP contribution in [0.1, 0.15) is 24.6 Å². The summed E-state index contributed by atoms with van der Waals surface area (Å²) in [4.78, 5) is 1.44. The summed E-state index contributed by atoms with van der Waals surface area (Å²) in [6, 6.07) is 4.78. The molecule has 16 heavy (non-hydrogen) atoms. The Morgan fingerprint density at radius 1 is 1.56 bits per heavy atom. The molecule has 2 heterocycles. The maximum absolute atomic E-state index is 5.43. The number of hydrogen-bond donors (Lipinski definition) is 1. The summed E-state index contributed by atoms with van der Waals surface area (Å²) in [7, 11) is 0. The average Bonchev–Trinajstić information content (AvgIpc) is 2.83. The highest BCUT2D eigenvalue weighted by atomic mass is 32.1. The third-order valence-electron chi connectivity index (χ3n) is 2.85. The van der Waals surface area contributed by atoms with E-state index in [1.165, 1.54) is 16.9 Å². The molecule has 0 saturated heterocycles. The van der Waals surface area contributed by atoms with Crippen LogP contribution >= 0.6 is 11.3 Å². The molecule has 1 N–H and O–H groups in total. The molecule has 2 rings (SSSR count). The lowest BCUT2D eigenvalue weighted by Crippen LogP contribution is -2.33. The molecule has 0 bridgehead atoms. The van der Waals surface area contributed by atoms with Gasteiger partial charge in [-0.1, -0.05) is 13.0 Å². The van der Waals surface area contributed by atoms with Crippen LogP contribution in [0.4, 0.5) is 0 Å². The summed E-state index contributed by atoms with van der Waals surface area (Å²) < 4.78 is 5.43. The molecule has 1 aliphatic heterocycles. The molecule has 1 aromatic heterocycles. The van der Waals surface area contributed by atoms with Gasteiger partial charge in [-0.3, -0.25) is 0 Å². The van der Waals surface area contributed by atoms with Crippen LogP contribution in [-0.2, 0) is 11.2 Å². The maximum atomic E-state index is 5.43. The van der Waals surface area contributed by atoms with E-state index in [1.54, 1.807) is 0 Å². The second kappa shape index (κ2) is 6.06. The summed E-state index contributed by atoms with van der Waals surface area (Å²) in [5.41, 5.74) is 1.42. The fraction of sp³-hybridized carbons (Fsp3) is 0.538. The van der Waals surface area contributed by atoms with Crippen molar-refractivity contribution >= 4 is 11.3 Å². The van der Waals surface area contributed by atoms with E-state index in [2.05, 4.69) is 29.8 Å². The van der Waals surface area contributed by atoms with Crippen LogP contribution in [0.5, 0.6) is 0 Å². The Morgan fingerprint density at radius 3 is 3.12 bits per heavy atom. The minimum atomic E-state index is 0.448. The Balaban J connectivity index is 2.01. The number of rotatable bonds is 5. The lowest BCUT2D eigenvalue weighted by Gasteiger charge is -2.23. The first-order valence-electron chi connectivity index (χ1n) is 5.96. The minimum Gasteiger partial charge on any atom is -0.501 e. The van der Waals surface area contributed by atoms with Gasteiger partial charge < -0.3 is 10.1 Å². The quantitative estimate of drug-likeness (QED) is 0.850. The largest absolute Gasteiger partial charge is 0.501 e. The summed E-state index contributed by atoms with van der Waals surface area (Å²) >= 11 is 1.83. The van der Waals surface area contributed by atoms with Gasteiger partial charge in [0.15, 0.2) is 0 Å². The molecule has 0 spiro atoms. The summed E-state index contributed by atoms with van der Waals surface area (Å²) in [6.07, 6.45) is 5.37. The summed E-state index contributed by atoms with van der Waals surface area (Å²) in [5, 5.41) is 5.69. The molecule has 1 aliphatic rings. The van der Waals surface area contributed by atoms with Crippen LogP contribution in [0.15, 0.2) is 29.3 Å². The molecule has 1 unspecified atom stereocenters. The monoisotopic (exact) mass is 237 g/mol. The third kappa shape index (κ3) is 3.09. The predicted octanol–water partition coefficient (Wildman–Crippen LogP) is 2.96. The van der Waals surface area contributed by atoms with Gasteiger partial charge in [0.05, 0.1) is 12.9 Å². The van der Waals surface area contributed by atoms with Crippen molar-refractivity contribution < 1.29 is 4.74 Å². The Hall–Kier alpha value is -0.800. The lowest BCUT2D eigenvalue weighted by molar-refractivity contribution is 0.219. The normalized spacial score (nSPS) is 17.7. The number of thiophene rings is 1. The van der Waals surface area contributed by atoms with E-state index in [0.717, 1.165) is 26.0 Å². The molecule has 1 atom stereocenters. The molecule has 0 aromatic carbocycles. The van der Waals surface area contributed by atoms with E-state index >= 15 is 0 Å². The zero-order valence-electron chi connectivity index (χ0n) is 9.74. The van der Waals surface area contributed by atoms with Gasteiger partial charge in [-0.05, 0) is 36.4 Å². The maximum Gasteiger partial charge on any atom is 0.0876 e. The Kier molecular flexibility index (Phi) is 4.43. The van der Waals surface area contributed by atoms with Gasteiger partial charge in [-0.15, -0.1) is 11.3 Å². The van der Waals surface area contributed by atoms with E-state index in [9.17, 15) is 0 Å². The molecule has 0 amide bonds. The minimum absolute atomic E-state index is 0.448. The fourth-order valence-corrected chi connectivity index (χ4v) is 2.80. The Bertz CT molecular complexity index is 332. The van der Waals surface area contributed by atoms with Gasteiger partial charge in [0.1, 0.15) is 0 Å². The lowest BCUT2D eigenvalue weighted by atomic mass is 9.98. The van der Waals surface area contributed by atoms with Gasteiger partial charge >= 0.3 is 0 Å². The van der Waals surface area contributed by atoms with Crippen molar-refractivity contribution in [1.29, 1.82) is 0 Å². The van der Waals surface area contributed by atoms with Gasteiger partial charge in [0.25, 0.3) is 0 Å². The predicted molar refractivity (Wildman–Crippen MR) is 68.8 cm³/mol. The highest BCUT2D eigenvalue weighted by Gasteiger charge is 2.16. The summed E-state index contributed by atoms with van der Waals surface area (Å²) in [5.74, 6) is 0. The first kappa shape index (κ1) is 11.7. The second-order valence-corrected chi connectivity index (χ2v) is 5.09. The van der Waals surface area contributed by atoms with Crippen molar-refractivity contribution in [3.05, 3.63) is 34.2 Å². The zero-order valence-corrected chi connectivity index (χ0v) is 10.6. The SMILES string of the molecule is CCNC(Cc1cccs1)C1=COCCC1. The fourth-order valence-electron chi connectivity index (χ4n) is 2.05. The van der Waals surface area contributed by atoms with Gasteiger partial charge in [0.2, 0.25) is 0 Å². The van der Waals surface area contributed by atoms with Gasteiger partial charge in [0, 0.05) is 17.3 Å². The zero-order chi connectivity index (χ0) is 11.2. The van der Waals surface area contributed by atoms with Crippen molar-refractivity contribution in [1.82, 2.24) is 5.32 Å². The van der Waals surface area contributed by atoms with E-state index in [0.29, 0.717) is 6.04 Å². The van der Waals surface area contributed by atoms with Crippen molar-refractivity contribution in [2.75, 3.05) is 13.2 Å². The number of nitrogens with one attached hydrogen (secondary N) is 1. The van der Waals surface area contributed by atoms with Crippen LogP contribution in [0.3, 0.4) is 0 Å². The molecule has 1 aromatic rings. The van der Waals surface area contributed by atoms with Crippen LogP contribution in [0.2, 0.25) is 0 Å².